The molecule has 0 aliphatic heterocycles. The molecule has 0 saturated heterocycles. The van der Waals surface area contributed by atoms with E-state index >= 15 is 0 Å². The summed E-state index contributed by atoms with van der Waals surface area (Å²) in [5, 5.41) is 1.62. The van der Waals surface area contributed by atoms with E-state index in [-0.39, 0.29) is 0 Å². The van der Waals surface area contributed by atoms with Crippen molar-refractivity contribution in [2.75, 3.05) is 7.11 Å². The van der Waals surface area contributed by atoms with E-state index < -0.39 is 0 Å². The van der Waals surface area contributed by atoms with E-state index in [1.54, 1.807) is 12.5 Å². The van der Waals surface area contributed by atoms with E-state index in [1.807, 2.05) is 0 Å². The fourth-order valence-corrected chi connectivity index (χ4v) is 0.204. The van der Waals surface area contributed by atoms with Crippen LogP contribution in [0.2, 0.25) is 0 Å². The first-order valence-corrected chi connectivity index (χ1v) is 2.02. The summed E-state index contributed by atoms with van der Waals surface area (Å²) >= 11 is 1.23. The average Bonchev–Trinajstić information content (AvgIpc) is 1.41. The van der Waals surface area contributed by atoms with Gasteiger partial charge in [0.25, 0.3) is 0 Å². The summed E-state index contributed by atoms with van der Waals surface area (Å²) in [6, 6.07) is 0. The number of hydrogen-bond donors (Lipinski definition) is 0. The molecule has 1 nitrogen and oxygen atoms in total. The van der Waals surface area contributed by atoms with Gasteiger partial charge in [0.2, 0.25) is 0 Å². The molecule has 0 bridgehead atoms. The van der Waals surface area contributed by atoms with Crippen LogP contribution in [0, 0.1) is 0 Å². The van der Waals surface area contributed by atoms with Crippen molar-refractivity contribution >= 4 is 12.0 Å². The second kappa shape index (κ2) is 4.05. The largest absolute Gasteiger partial charge is 0.314 e. The molecule has 0 N–H and O–H groups in total. The fourth-order valence-electron chi connectivity index (χ4n) is 0.0680. The van der Waals surface area contributed by atoms with Crippen LogP contribution >= 0.6 is 12.0 Å². The van der Waals surface area contributed by atoms with Gasteiger partial charge in [0.15, 0.2) is 0 Å². The molecule has 0 heterocycles. The number of rotatable bonds is 2. The first-order chi connectivity index (χ1) is 2.41. The van der Waals surface area contributed by atoms with Crippen molar-refractivity contribution in [2.45, 2.75) is 0 Å². The first kappa shape index (κ1) is 5.05. The lowest BCUT2D eigenvalue weighted by molar-refractivity contribution is 0.494. The van der Waals surface area contributed by atoms with Crippen LogP contribution in [0.25, 0.3) is 0 Å². The minimum Gasteiger partial charge on any atom is -0.314 e. The van der Waals surface area contributed by atoms with Crippen molar-refractivity contribution in [3.8, 4) is 0 Å². The zero-order chi connectivity index (χ0) is 4.12. The van der Waals surface area contributed by atoms with Crippen molar-refractivity contribution in [1.29, 1.82) is 0 Å². The van der Waals surface area contributed by atoms with E-state index in [1.165, 1.54) is 12.0 Å². The smallest absolute Gasteiger partial charge is 0.0507 e. The van der Waals surface area contributed by atoms with Crippen LogP contribution in [0.15, 0.2) is 12.0 Å². The van der Waals surface area contributed by atoms with Crippen molar-refractivity contribution < 1.29 is 4.18 Å². The Labute approximate surface area is 36.2 Å². The second-order valence-electron chi connectivity index (χ2n) is 0.430. The highest BCUT2D eigenvalue weighted by molar-refractivity contribution is 7.97. The molecule has 30 valence electrons. The van der Waals surface area contributed by atoms with Gasteiger partial charge >= 0.3 is 0 Å². The zero-order valence-corrected chi connectivity index (χ0v) is 3.92. The Morgan fingerprint density at radius 1 is 2.00 bits per heavy atom. The van der Waals surface area contributed by atoms with Crippen LogP contribution in [0.3, 0.4) is 0 Å². The number of hydrogen-bond acceptors (Lipinski definition) is 2. The van der Waals surface area contributed by atoms with Gasteiger partial charge in [0, 0.05) is 12.0 Å². The SMILES string of the molecule is C=CSOC. The Bertz CT molecular complexity index is 28.1. The Balaban J connectivity index is 2.40. The monoisotopic (exact) mass is 90.0 g/mol. The Morgan fingerprint density at radius 3 is 2.60 bits per heavy atom. The third-order valence-corrected chi connectivity index (χ3v) is 0.493. The molecule has 0 radical (unpaired) electrons. The molecule has 0 amide bonds. The predicted octanol–water partition coefficient (Wildman–Crippen LogP) is 1.42. The molecule has 0 fully saturated rings. The van der Waals surface area contributed by atoms with E-state index in [0.717, 1.165) is 0 Å². The minimum absolute atomic E-state index is 1.23. The highest BCUT2D eigenvalue weighted by Crippen LogP contribution is 1.95. The van der Waals surface area contributed by atoms with E-state index in [2.05, 4.69) is 10.8 Å². The van der Waals surface area contributed by atoms with Crippen molar-refractivity contribution in [1.82, 2.24) is 0 Å². The lowest BCUT2D eigenvalue weighted by Crippen LogP contribution is -1.52. The van der Waals surface area contributed by atoms with Gasteiger partial charge < -0.3 is 4.18 Å². The van der Waals surface area contributed by atoms with Gasteiger partial charge in [-0.05, 0) is 5.41 Å². The molecule has 0 rings (SSSR count). The standard InChI is InChI=1S/C3H6OS/c1-3-5-4-2/h3H,1H2,2H3. The molecule has 0 aromatic carbocycles. The van der Waals surface area contributed by atoms with Crippen LogP contribution in [0.5, 0.6) is 0 Å². The summed E-state index contributed by atoms with van der Waals surface area (Å²) in [5.74, 6) is 0. The van der Waals surface area contributed by atoms with Crippen molar-refractivity contribution in [2.24, 2.45) is 0 Å². The molecule has 5 heavy (non-hydrogen) atoms. The molecule has 0 aromatic heterocycles. The molecular weight excluding hydrogens is 84.1 g/mol. The summed E-state index contributed by atoms with van der Waals surface area (Å²) in [4.78, 5) is 0. The third-order valence-electron chi connectivity index (χ3n) is 0.164. The Kier molecular flexibility index (Phi) is 4.09. The first-order valence-electron chi connectivity index (χ1n) is 1.22. The summed E-state index contributed by atoms with van der Waals surface area (Å²) in [5.41, 5.74) is 0. The third kappa shape index (κ3) is 4.05. The van der Waals surface area contributed by atoms with Crippen molar-refractivity contribution in [3.05, 3.63) is 12.0 Å². The van der Waals surface area contributed by atoms with Crippen LogP contribution in [-0.2, 0) is 4.18 Å². The van der Waals surface area contributed by atoms with Gasteiger partial charge in [-0.25, -0.2) is 0 Å². The average molecular weight is 90.1 g/mol. The maximum absolute atomic E-state index is 4.49. The van der Waals surface area contributed by atoms with Gasteiger partial charge in [-0.15, -0.1) is 0 Å². The van der Waals surface area contributed by atoms with Crippen LogP contribution in [-0.4, -0.2) is 7.11 Å². The van der Waals surface area contributed by atoms with Gasteiger partial charge in [0.05, 0.1) is 7.11 Å². The minimum atomic E-state index is 1.23. The molecule has 0 atom stereocenters. The summed E-state index contributed by atoms with van der Waals surface area (Å²) in [7, 11) is 1.60. The summed E-state index contributed by atoms with van der Waals surface area (Å²) in [6.07, 6.45) is 0. The fraction of sp³-hybridized carbons (Fsp3) is 0.333. The van der Waals surface area contributed by atoms with Gasteiger partial charge in [0.1, 0.15) is 0 Å². The zero-order valence-electron chi connectivity index (χ0n) is 3.10. The molecule has 2 heteroatoms. The van der Waals surface area contributed by atoms with Gasteiger partial charge in [-0.3, -0.25) is 0 Å². The van der Waals surface area contributed by atoms with Gasteiger partial charge in [-0.1, -0.05) is 6.58 Å². The predicted molar refractivity (Wildman–Crippen MR) is 24.8 cm³/mol. The Morgan fingerprint density at radius 2 is 2.60 bits per heavy atom. The highest BCUT2D eigenvalue weighted by Gasteiger charge is 1.59. The molecule has 0 aromatic rings. The molecule has 0 aliphatic carbocycles. The normalized spacial score (nSPS) is 7.40. The summed E-state index contributed by atoms with van der Waals surface area (Å²) in [6.45, 7) is 3.39. The quantitative estimate of drug-likeness (QED) is 0.474. The van der Waals surface area contributed by atoms with E-state index in [9.17, 15) is 0 Å². The molecule has 0 aliphatic rings. The topological polar surface area (TPSA) is 9.23 Å². The molecule has 0 spiro atoms. The van der Waals surface area contributed by atoms with E-state index in [0.29, 0.717) is 0 Å². The molecule has 0 saturated carbocycles. The van der Waals surface area contributed by atoms with Crippen molar-refractivity contribution in [3.63, 3.8) is 0 Å². The summed E-state index contributed by atoms with van der Waals surface area (Å²) < 4.78 is 4.49. The highest BCUT2D eigenvalue weighted by atomic mass is 32.2. The van der Waals surface area contributed by atoms with Gasteiger partial charge in [-0.2, -0.15) is 0 Å². The van der Waals surface area contributed by atoms with Crippen LogP contribution in [0.4, 0.5) is 0 Å². The molecular formula is C3H6OS. The van der Waals surface area contributed by atoms with Crippen LogP contribution in [0.1, 0.15) is 0 Å². The lowest BCUT2D eigenvalue weighted by Gasteiger charge is -1.77. The van der Waals surface area contributed by atoms with E-state index in [4.69, 9.17) is 0 Å². The lowest BCUT2D eigenvalue weighted by atomic mass is 11.3. The Hall–Kier alpha value is 0.0500. The van der Waals surface area contributed by atoms with Crippen LogP contribution < -0.4 is 0 Å². The maximum atomic E-state index is 4.49. The maximum Gasteiger partial charge on any atom is 0.0507 e. The molecule has 0 unspecified atom stereocenters. The second-order valence-corrected chi connectivity index (χ2v) is 1.29.